The van der Waals surface area contributed by atoms with Crippen LogP contribution in [-0.4, -0.2) is 26.5 Å². The molecule has 27 heavy (non-hydrogen) atoms. The van der Waals surface area contributed by atoms with Crippen molar-refractivity contribution < 1.29 is 0 Å². The van der Waals surface area contributed by atoms with Crippen LogP contribution < -0.4 is 4.90 Å². The van der Waals surface area contributed by atoms with Crippen molar-refractivity contribution in [2.45, 2.75) is 25.3 Å². The molecular weight excluding hydrogens is 334 g/mol. The van der Waals surface area contributed by atoms with Gasteiger partial charge in [0.15, 0.2) is 5.82 Å². The molecule has 5 rings (SSSR count). The van der Waals surface area contributed by atoms with Crippen molar-refractivity contribution in [2.75, 3.05) is 11.4 Å². The van der Waals surface area contributed by atoms with Crippen LogP contribution in [0.25, 0.3) is 22.3 Å². The fraction of sp³-hybridized carbons (Fsp3) is 0.227. The van der Waals surface area contributed by atoms with E-state index in [2.05, 4.69) is 45.2 Å². The number of hydrogen-bond donors (Lipinski definition) is 1. The van der Waals surface area contributed by atoms with Crippen molar-refractivity contribution in [3.8, 4) is 11.4 Å². The van der Waals surface area contributed by atoms with Gasteiger partial charge in [-0.05, 0) is 31.4 Å². The van der Waals surface area contributed by atoms with E-state index in [4.69, 9.17) is 9.97 Å². The normalized spacial score (nSPS) is 17.3. The molecule has 1 N–H and O–H groups in total. The van der Waals surface area contributed by atoms with Gasteiger partial charge in [0.05, 0.1) is 11.6 Å². The number of nitrogens with one attached hydrogen (secondary N) is 1. The van der Waals surface area contributed by atoms with E-state index in [0.717, 1.165) is 53.3 Å². The molecule has 1 fully saturated rings. The van der Waals surface area contributed by atoms with Crippen LogP contribution in [0.2, 0.25) is 0 Å². The Hall–Kier alpha value is -3.21. The first-order valence-electron chi connectivity index (χ1n) is 9.48. The predicted molar refractivity (Wildman–Crippen MR) is 107 cm³/mol. The zero-order valence-electron chi connectivity index (χ0n) is 15.0. The standard InChI is InChI=1S/C22H21N5/c1-2-8-16(9-3-1)20-25-18-11-5-4-10-17(18)22(26-20)27-15-7-6-12-19(27)21-23-13-14-24-21/h1-5,8-11,13-14,19H,6-7,12,15H2,(H,23,24). The Bertz CT molecular complexity index is 1040. The third-order valence-corrected chi connectivity index (χ3v) is 5.22. The number of aromatic amines is 1. The molecule has 2 aromatic heterocycles. The van der Waals surface area contributed by atoms with Gasteiger partial charge in [-0.25, -0.2) is 15.0 Å². The number of nitrogens with zero attached hydrogens (tertiary/aromatic N) is 4. The van der Waals surface area contributed by atoms with Crippen LogP contribution in [0.3, 0.4) is 0 Å². The van der Waals surface area contributed by atoms with Crippen molar-refractivity contribution in [3.63, 3.8) is 0 Å². The van der Waals surface area contributed by atoms with Gasteiger partial charge < -0.3 is 9.88 Å². The molecule has 4 aromatic rings. The van der Waals surface area contributed by atoms with Crippen LogP contribution in [0, 0.1) is 0 Å². The molecule has 0 spiro atoms. The van der Waals surface area contributed by atoms with E-state index < -0.39 is 0 Å². The topological polar surface area (TPSA) is 57.7 Å². The van der Waals surface area contributed by atoms with Crippen molar-refractivity contribution in [1.29, 1.82) is 0 Å². The number of benzene rings is 2. The smallest absolute Gasteiger partial charge is 0.162 e. The van der Waals surface area contributed by atoms with Crippen molar-refractivity contribution >= 4 is 16.7 Å². The first kappa shape index (κ1) is 16.0. The second-order valence-corrected chi connectivity index (χ2v) is 6.93. The molecule has 1 atom stereocenters. The number of hydrogen-bond acceptors (Lipinski definition) is 4. The van der Waals surface area contributed by atoms with E-state index in [1.54, 1.807) is 0 Å². The number of anilines is 1. The van der Waals surface area contributed by atoms with Gasteiger partial charge in [-0.15, -0.1) is 0 Å². The van der Waals surface area contributed by atoms with Crippen LogP contribution in [0.15, 0.2) is 67.0 Å². The molecule has 1 aliphatic heterocycles. The lowest BCUT2D eigenvalue weighted by molar-refractivity contribution is 0.456. The molecule has 3 heterocycles. The van der Waals surface area contributed by atoms with E-state index in [9.17, 15) is 0 Å². The summed E-state index contributed by atoms with van der Waals surface area (Å²) in [6, 6.07) is 18.7. The van der Waals surface area contributed by atoms with E-state index in [1.807, 2.05) is 36.7 Å². The van der Waals surface area contributed by atoms with Crippen LogP contribution in [0.5, 0.6) is 0 Å². The van der Waals surface area contributed by atoms with Crippen molar-refractivity contribution in [2.24, 2.45) is 0 Å². The lowest BCUT2D eigenvalue weighted by Crippen LogP contribution is -2.35. The zero-order chi connectivity index (χ0) is 18.1. The largest absolute Gasteiger partial charge is 0.347 e. The van der Waals surface area contributed by atoms with Gasteiger partial charge in [-0.2, -0.15) is 0 Å². The van der Waals surface area contributed by atoms with Gasteiger partial charge >= 0.3 is 0 Å². The first-order chi connectivity index (χ1) is 13.4. The minimum absolute atomic E-state index is 0.218. The minimum atomic E-state index is 0.218. The van der Waals surface area contributed by atoms with Crippen LogP contribution in [0.4, 0.5) is 5.82 Å². The van der Waals surface area contributed by atoms with Gasteiger partial charge in [0.1, 0.15) is 11.6 Å². The van der Waals surface area contributed by atoms with Gasteiger partial charge in [-0.1, -0.05) is 42.5 Å². The summed E-state index contributed by atoms with van der Waals surface area (Å²) < 4.78 is 0. The molecule has 1 saturated heterocycles. The fourth-order valence-corrected chi connectivity index (χ4v) is 3.92. The molecule has 134 valence electrons. The molecule has 1 aliphatic rings. The average Bonchev–Trinajstić information content (AvgIpc) is 3.28. The number of piperidine rings is 1. The summed E-state index contributed by atoms with van der Waals surface area (Å²) in [5.41, 5.74) is 2.01. The molecule has 0 aliphatic carbocycles. The van der Waals surface area contributed by atoms with E-state index in [1.165, 1.54) is 6.42 Å². The molecule has 0 bridgehead atoms. The second-order valence-electron chi connectivity index (χ2n) is 6.93. The average molecular weight is 355 g/mol. The summed E-state index contributed by atoms with van der Waals surface area (Å²) in [4.78, 5) is 20.1. The van der Waals surface area contributed by atoms with E-state index in [-0.39, 0.29) is 6.04 Å². The summed E-state index contributed by atoms with van der Waals surface area (Å²) in [6.45, 7) is 0.973. The third kappa shape index (κ3) is 2.95. The number of aromatic nitrogens is 4. The molecule has 0 saturated carbocycles. The number of H-pyrrole nitrogens is 1. The van der Waals surface area contributed by atoms with E-state index >= 15 is 0 Å². The minimum Gasteiger partial charge on any atom is -0.347 e. The number of fused-ring (bicyclic) bond motifs is 1. The van der Waals surface area contributed by atoms with E-state index in [0.29, 0.717) is 0 Å². The Labute approximate surface area is 158 Å². The van der Waals surface area contributed by atoms with Crippen molar-refractivity contribution in [3.05, 3.63) is 72.8 Å². The summed E-state index contributed by atoms with van der Waals surface area (Å²) >= 11 is 0. The van der Waals surface area contributed by atoms with Crippen LogP contribution in [-0.2, 0) is 0 Å². The Kier molecular flexibility index (Phi) is 4.05. The summed E-state index contributed by atoms with van der Waals surface area (Å²) in [5.74, 6) is 2.78. The third-order valence-electron chi connectivity index (χ3n) is 5.22. The molecule has 2 aromatic carbocycles. The quantitative estimate of drug-likeness (QED) is 0.576. The SMILES string of the molecule is c1ccc(-c2nc(N3CCCCC3c3ncc[nH]3)c3ccccc3n2)cc1. The highest BCUT2D eigenvalue weighted by molar-refractivity contribution is 5.91. The molecule has 0 amide bonds. The van der Waals surface area contributed by atoms with Crippen LogP contribution >= 0.6 is 0 Å². The summed E-state index contributed by atoms with van der Waals surface area (Å²) in [6.07, 6.45) is 7.17. The maximum absolute atomic E-state index is 5.03. The predicted octanol–water partition coefficient (Wildman–Crippen LogP) is 4.75. The van der Waals surface area contributed by atoms with Crippen molar-refractivity contribution in [1.82, 2.24) is 19.9 Å². The maximum atomic E-state index is 5.03. The Morgan fingerprint density at radius 1 is 0.926 bits per heavy atom. The first-order valence-corrected chi connectivity index (χ1v) is 9.48. The summed E-state index contributed by atoms with van der Waals surface area (Å²) in [5, 5.41) is 1.09. The molecule has 5 nitrogen and oxygen atoms in total. The number of rotatable bonds is 3. The van der Waals surface area contributed by atoms with Gasteiger partial charge in [0, 0.05) is 29.9 Å². The molecular formula is C22H21N5. The highest BCUT2D eigenvalue weighted by Gasteiger charge is 2.28. The Morgan fingerprint density at radius 2 is 1.78 bits per heavy atom. The highest BCUT2D eigenvalue weighted by Crippen LogP contribution is 2.36. The summed E-state index contributed by atoms with van der Waals surface area (Å²) in [7, 11) is 0. The Morgan fingerprint density at radius 3 is 2.63 bits per heavy atom. The highest BCUT2D eigenvalue weighted by atomic mass is 15.2. The van der Waals surface area contributed by atoms with Gasteiger partial charge in [0.25, 0.3) is 0 Å². The molecule has 1 unspecified atom stereocenters. The molecule has 5 heteroatoms. The maximum Gasteiger partial charge on any atom is 0.162 e. The molecule has 0 radical (unpaired) electrons. The second kappa shape index (κ2) is 6.83. The fourth-order valence-electron chi connectivity index (χ4n) is 3.92. The zero-order valence-corrected chi connectivity index (χ0v) is 15.0. The van der Waals surface area contributed by atoms with Crippen LogP contribution in [0.1, 0.15) is 31.1 Å². The monoisotopic (exact) mass is 355 g/mol. The Balaban J connectivity index is 1.69. The van der Waals surface area contributed by atoms with Gasteiger partial charge in [-0.3, -0.25) is 0 Å². The van der Waals surface area contributed by atoms with Gasteiger partial charge in [0.2, 0.25) is 0 Å². The number of para-hydroxylation sites is 1. The number of imidazole rings is 1. The lowest BCUT2D eigenvalue weighted by atomic mass is 10.0. The lowest BCUT2D eigenvalue weighted by Gasteiger charge is -2.36.